The molecule has 16 rings (SSSR count). The quantitative estimate of drug-likeness (QED) is 0.0405. The average Bonchev–Trinajstić information content (AvgIpc) is 1.78. The Bertz CT molecular complexity index is 4800. The van der Waals surface area contributed by atoms with Crippen molar-refractivity contribution >= 4 is 97.4 Å². The highest BCUT2D eigenvalue weighted by Crippen LogP contribution is 2.39. The molecule has 0 spiro atoms. The summed E-state index contributed by atoms with van der Waals surface area (Å²) in [4.78, 5) is 68.8. The monoisotopic (exact) mass is 1320 g/mol. The number of carbonyl (C=O) groups is 2. The van der Waals surface area contributed by atoms with Crippen LogP contribution < -0.4 is 37.2 Å². The third-order valence-electron chi connectivity index (χ3n) is 18.9. The second kappa shape index (κ2) is 28.2. The summed E-state index contributed by atoms with van der Waals surface area (Å²) in [6, 6.07) is 31.8. The molecule has 4 aliphatic rings. The number of fused-ring (bicyclic) bond motifs is 6. The first kappa shape index (κ1) is 65.4. The van der Waals surface area contributed by atoms with Crippen molar-refractivity contribution < 1.29 is 9.59 Å². The number of aryl methyl sites for hydroxylation is 3. The minimum atomic E-state index is -0.415. The molecule has 1 saturated heterocycles. The Labute approximate surface area is 567 Å². The lowest BCUT2D eigenvalue weighted by Gasteiger charge is -2.34. The van der Waals surface area contributed by atoms with Crippen LogP contribution in [0.4, 0.5) is 52.5 Å². The van der Waals surface area contributed by atoms with Crippen molar-refractivity contribution in [3.63, 3.8) is 0 Å². The highest BCUT2D eigenvalue weighted by atomic mass is 16.2. The van der Waals surface area contributed by atoms with Gasteiger partial charge in [0.25, 0.3) is 0 Å². The molecule has 5 atom stereocenters. The van der Waals surface area contributed by atoms with Gasteiger partial charge in [-0.15, -0.1) is 5.10 Å². The Kier molecular flexibility index (Phi) is 18.9. The number of carbonyl (C=O) groups excluding carboxylic acids is 2. The van der Waals surface area contributed by atoms with E-state index < -0.39 is 6.04 Å². The van der Waals surface area contributed by atoms with Gasteiger partial charge in [-0.1, -0.05) is 80.2 Å². The van der Waals surface area contributed by atoms with Gasteiger partial charge in [-0.3, -0.25) is 19.0 Å². The van der Waals surface area contributed by atoms with Crippen LogP contribution in [0.1, 0.15) is 135 Å². The van der Waals surface area contributed by atoms with Crippen LogP contribution in [-0.4, -0.2) is 141 Å². The second-order valence-corrected chi connectivity index (χ2v) is 25.5. The van der Waals surface area contributed by atoms with E-state index in [9.17, 15) is 9.59 Å². The summed E-state index contributed by atoms with van der Waals surface area (Å²) < 4.78 is 3.47. The number of rotatable bonds is 17. The van der Waals surface area contributed by atoms with Crippen LogP contribution in [0, 0.1) is 13.8 Å². The van der Waals surface area contributed by atoms with Crippen molar-refractivity contribution in [3.8, 4) is 0 Å². The van der Waals surface area contributed by atoms with Crippen LogP contribution in [0.3, 0.4) is 0 Å². The van der Waals surface area contributed by atoms with Crippen LogP contribution in [0.5, 0.6) is 0 Å². The van der Waals surface area contributed by atoms with Crippen LogP contribution in [0.15, 0.2) is 128 Å². The molecule has 9 aromatic heterocycles. The standard InChI is InChI=1S/C27H33N9O.C23H26N8O.C20H22N8.CH4/c1-17-23(16-29-36(17)18(2)26(37)35-14-12-34(3)13-15-35)31-27-32-24-21(10-11-28-24)25(33-27)30-22-9-8-19-6-4-5-7-20(19)22;1-13-19(12-26-31(13)14(2)22(32)24-3)28-23-29-20-17(10-11-25-20)21(30-23)27-18-9-8-15-6-4-5-7-16(15)18;1-12(2)28-22-11-17(27-28)24-20-25-18-15(9-10-21-18)19(26-20)23-16-8-7-13-5-3-4-6-14(13)16;/h4-7,10-11,16,18,22H,8-9,12-15H2,1-3H3,(H3,28,30,31,32,33);4-7,10-12,14,18H,8-9H2,1-3H3,(H,24,32)(H3,25,27,28,29,30);3-6,9-12,16H,7-8H2,1-2H3,(H3,21,23,24,25,26,27);1H4/t18?,22-;14?,18-;16-;/m111./s1. The molecule has 2 unspecified atom stereocenters. The Balaban J connectivity index is 0.000000133. The fourth-order valence-electron chi connectivity index (χ4n) is 13.5. The van der Waals surface area contributed by atoms with E-state index in [1.165, 1.54) is 33.4 Å². The predicted molar refractivity (Wildman–Crippen MR) is 384 cm³/mol. The van der Waals surface area contributed by atoms with Crippen LogP contribution in [-0.2, 0) is 28.9 Å². The van der Waals surface area contributed by atoms with Crippen molar-refractivity contribution in [2.75, 3.05) is 72.2 Å². The number of aromatic amines is 3. The fraction of sp³-hybridized carbons (Fsp3) is 0.352. The van der Waals surface area contributed by atoms with E-state index in [4.69, 9.17) is 15.0 Å². The molecule has 1 fully saturated rings. The van der Waals surface area contributed by atoms with E-state index >= 15 is 0 Å². The van der Waals surface area contributed by atoms with Crippen LogP contribution >= 0.6 is 0 Å². The number of nitrogens with one attached hydrogen (secondary N) is 10. The van der Waals surface area contributed by atoms with E-state index in [1.807, 2.05) is 83.2 Å². The number of piperazine rings is 1. The van der Waals surface area contributed by atoms with Gasteiger partial charge in [0, 0.05) is 51.8 Å². The minimum Gasteiger partial charge on any atom is -0.363 e. The van der Waals surface area contributed by atoms with Crippen molar-refractivity contribution in [2.24, 2.45) is 0 Å². The number of hydrogen-bond acceptors (Lipinski definition) is 19. The molecule has 0 bridgehead atoms. The maximum atomic E-state index is 13.1. The second-order valence-electron chi connectivity index (χ2n) is 25.5. The smallest absolute Gasteiger partial charge is 0.247 e. The zero-order valence-electron chi connectivity index (χ0n) is 55.7. The molecule has 1 aliphatic heterocycles. The van der Waals surface area contributed by atoms with E-state index in [-0.39, 0.29) is 49.5 Å². The van der Waals surface area contributed by atoms with Gasteiger partial charge in [-0.05, 0) is 139 Å². The number of H-pyrrole nitrogens is 3. The number of aromatic nitrogens is 16. The largest absolute Gasteiger partial charge is 0.363 e. The van der Waals surface area contributed by atoms with E-state index in [0.717, 1.165) is 138 Å². The summed E-state index contributed by atoms with van der Waals surface area (Å²) in [6.07, 6.45) is 17.1. The Morgan fingerprint density at radius 2 is 0.918 bits per heavy atom. The lowest BCUT2D eigenvalue weighted by Crippen LogP contribution is -2.49. The maximum Gasteiger partial charge on any atom is 0.247 e. The topological polar surface area (TPSA) is 316 Å². The first-order valence-electron chi connectivity index (χ1n) is 33.3. The summed E-state index contributed by atoms with van der Waals surface area (Å²) in [5.41, 5.74) is 13.7. The van der Waals surface area contributed by atoms with Gasteiger partial charge in [0.2, 0.25) is 29.7 Å². The summed E-state index contributed by atoms with van der Waals surface area (Å²) in [5.74, 6) is 4.42. The molecule has 10 N–H and O–H groups in total. The lowest BCUT2D eigenvalue weighted by atomic mass is 10.1. The third-order valence-corrected chi connectivity index (χ3v) is 18.9. The van der Waals surface area contributed by atoms with Crippen molar-refractivity contribution in [1.29, 1.82) is 0 Å². The van der Waals surface area contributed by atoms with Gasteiger partial charge in [-0.25, -0.2) is 0 Å². The van der Waals surface area contributed by atoms with Crippen molar-refractivity contribution in [3.05, 3.63) is 173 Å². The first-order chi connectivity index (χ1) is 47.2. The highest BCUT2D eigenvalue weighted by molar-refractivity contribution is 5.91. The SMILES string of the molecule is C.CC(C)n1ncc(Nc2nc(N[C@@H]3CCc4ccccc43)c3cc[nH]c3n2)n1.CNC(=O)C(C)n1ncc(Nc2nc(N[C@@H]3CCc4ccccc43)c3cc[nH]c3n2)c1C.Cc1c(Nc2nc(N[C@@H]3CCc4ccccc43)c3cc[nH]c3n2)cnn1C(C)C(=O)N1CCN(C)CC1. The zero-order chi connectivity index (χ0) is 66.8. The fourth-order valence-corrected chi connectivity index (χ4v) is 13.5. The molecular weight excluding hydrogens is 1230 g/mol. The predicted octanol–water partition coefficient (Wildman–Crippen LogP) is 11.9. The van der Waals surface area contributed by atoms with Gasteiger partial charge in [0.15, 0.2) is 5.82 Å². The van der Waals surface area contributed by atoms with Gasteiger partial charge in [0.05, 0.1) is 81.7 Å². The number of amides is 2. The molecular formula is C71H85N25O2. The molecule has 3 aliphatic carbocycles. The van der Waals surface area contributed by atoms with Crippen molar-refractivity contribution in [2.45, 2.75) is 124 Å². The van der Waals surface area contributed by atoms with Gasteiger partial charge in [-0.2, -0.15) is 50.0 Å². The Hall–Kier alpha value is -11.2. The molecule has 27 heteroatoms. The Morgan fingerprint density at radius 3 is 1.33 bits per heavy atom. The molecule has 27 nitrogen and oxygen atoms in total. The van der Waals surface area contributed by atoms with Crippen LogP contribution in [0.2, 0.25) is 0 Å². The minimum absolute atomic E-state index is 0. The molecule has 0 radical (unpaired) electrons. The summed E-state index contributed by atoms with van der Waals surface area (Å²) in [6.45, 7) is 14.9. The number of benzene rings is 3. The zero-order valence-corrected chi connectivity index (χ0v) is 55.7. The summed E-state index contributed by atoms with van der Waals surface area (Å²) >= 11 is 0. The van der Waals surface area contributed by atoms with Gasteiger partial charge in [0.1, 0.15) is 46.5 Å². The number of hydrogen-bond donors (Lipinski definition) is 10. The van der Waals surface area contributed by atoms with E-state index in [1.54, 1.807) is 39.8 Å². The Morgan fingerprint density at radius 1 is 0.510 bits per heavy atom. The van der Waals surface area contributed by atoms with Crippen LogP contribution in [0.25, 0.3) is 33.1 Å². The molecule has 12 aromatic rings. The van der Waals surface area contributed by atoms with E-state index in [2.05, 4.69) is 172 Å². The van der Waals surface area contributed by atoms with Crippen molar-refractivity contribution in [1.82, 2.24) is 94.5 Å². The number of nitrogens with zero attached hydrogens (tertiary/aromatic N) is 15. The molecule has 10 heterocycles. The molecule has 98 heavy (non-hydrogen) atoms. The van der Waals surface area contributed by atoms with Gasteiger partial charge >= 0.3 is 0 Å². The first-order valence-corrected chi connectivity index (χ1v) is 33.3. The molecule has 0 saturated carbocycles. The molecule has 506 valence electrons. The maximum absolute atomic E-state index is 13.1. The summed E-state index contributed by atoms with van der Waals surface area (Å²) in [5, 5.41) is 43.8. The molecule has 3 aromatic carbocycles. The lowest BCUT2D eigenvalue weighted by molar-refractivity contribution is -0.136. The third kappa shape index (κ3) is 13.5. The van der Waals surface area contributed by atoms with E-state index in [0.29, 0.717) is 23.7 Å². The average molecular weight is 1320 g/mol. The number of likely N-dealkylation sites (N-methyl/N-ethyl adjacent to an activating group) is 2. The summed E-state index contributed by atoms with van der Waals surface area (Å²) in [7, 11) is 3.70. The molecule has 2 amide bonds. The normalized spacial score (nSPS) is 16.8. The highest BCUT2D eigenvalue weighted by Gasteiger charge is 2.30. The van der Waals surface area contributed by atoms with Gasteiger partial charge < -0.3 is 62.0 Å². The number of anilines is 9.